The Morgan fingerprint density at radius 2 is 2.04 bits per heavy atom. The van der Waals surface area contributed by atoms with Gasteiger partial charge in [0.05, 0.1) is 13.2 Å². The van der Waals surface area contributed by atoms with Crippen LogP contribution in [0.2, 0.25) is 0 Å². The van der Waals surface area contributed by atoms with Crippen molar-refractivity contribution in [1.82, 2.24) is 4.98 Å². The highest BCUT2D eigenvalue weighted by molar-refractivity contribution is 5.55. The number of hydrogen-bond donors (Lipinski definition) is 1. The molecule has 1 aromatic heterocycles. The minimum atomic E-state index is -3.67. The van der Waals surface area contributed by atoms with E-state index in [2.05, 4.69) is 41.6 Å². The summed E-state index contributed by atoms with van der Waals surface area (Å²) in [5.74, 6) is 0.913. The molecule has 1 N–H and O–H groups in total. The molecule has 0 saturated carbocycles. The van der Waals surface area contributed by atoms with E-state index in [4.69, 9.17) is 4.74 Å². The largest absolute Gasteiger partial charge is 0.379 e. The molecule has 1 aliphatic heterocycles. The number of aromatic nitrogens is 1. The number of ether oxygens (including phenoxy) is 1. The van der Waals surface area contributed by atoms with Crippen LogP contribution >= 0.6 is 0 Å². The van der Waals surface area contributed by atoms with Crippen molar-refractivity contribution < 1.29 is 17.9 Å². The third-order valence-corrected chi connectivity index (χ3v) is 3.73. The van der Waals surface area contributed by atoms with Crippen molar-refractivity contribution in [3.05, 3.63) is 22.5 Å². The molecule has 1 unspecified atom stereocenters. The molecule has 0 bridgehead atoms. The van der Waals surface area contributed by atoms with Gasteiger partial charge in [0.15, 0.2) is 0 Å². The molecule has 0 aromatic carbocycles. The van der Waals surface area contributed by atoms with Gasteiger partial charge in [-0.3, -0.25) is 4.79 Å². The Kier molecular flexibility index (Phi) is 8.67. The van der Waals surface area contributed by atoms with Crippen molar-refractivity contribution in [2.45, 2.75) is 39.9 Å². The van der Waals surface area contributed by atoms with Gasteiger partial charge in [-0.1, -0.05) is 6.92 Å². The van der Waals surface area contributed by atoms with Gasteiger partial charge in [-0.2, -0.15) is 13.2 Å². The number of hydrogen-bond acceptors (Lipinski definition) is 4. The number of rotatable bonds is 5. The molecular formula is C16H26F3N3O2. The van der Waals surface area contributed by atoms with Crippen LogP contribution in [0.3, 0.4) is 0 Å². The van der Waals surface area contributed by atoms with Crippen LogP contribution in [0, 0.1) is 0 Å². The lowest BCUT2D eigenvalue weighted by molar-refractivity contribution is 0.00819. The molecule has 0 aliphatic carbocycles. The number of alkyl halides is 3. The van der Waals surface area contributed by atoms with E-state index in [-0.39, 0.29) is 5.56 Å². The van der Waals surface area contributed by atoms with Gasteiger partial charge < -0.3 is 19.5 Å². The lowest BCUT2D eigenvalue weighted by Crippen LogP contribution is -2.44. The van der Waals surface area contributed by atoms with Crippen molar-refractivity contribution in [1.29, 1.82) is 0 Å². The Labute approximate surface area is 140 Å². The highest BCUT2D eigenvalue weighted by Crippen LogP contribution is 2.22. The van der Waals surface area contributed by atoms with E-state index in [1.807, 2.05) is 0 Å². The van der Waals surface area contributed by atoms with Crippen LogP contribution in [0.5, 0.6) is 0 Å². The molecule has 1 aliphatic rings. The summed E-state index contributed by atoms with van der Waals surface area (Å²) in [6.45, 7) is 6.84. The van der Waals surface area contributed by atoms with Gasteiger partial charge in [0, 0.05) is 43.5 Å². The number of pyridine rings is 1. The smallest absolute Gasteiger partial charge is 0.377 e. The molecular weight excluding hydrogens is 323 g/mol. The van der Waals surface area contributed by atoms with Gasteiger partial charge in [-0.25, -0.2) is 0 Å². The minimum Gasteiger partial charge on any atom is -0.377 e. The molecule has 1 saturated heterocycles. The summed E-state index contributed by atoms with van der Waals surface area (Å²) in [4.78, 5) is 19.4. The van der Waals surface area contributed by atoms with E-state index in [0.717, 1.165) is 44.2 Å². The summed E-state index contributed by atoms with van der Waals surface area (Å²) in [5.41, 5.74) is 0.958. The predicted octanol–water partition coefficient (Wildman–Crippen LogP) is 3.01. The van der Waals surface area contributed by atoms with Crippen molar-refractivity contribution >= 4 is 11.5 Å². The van der Waals surface area contributed by atoms with E-state index in [9.17, 15) is 18.0 Å². The van der Waals surface area contributed by atoms with Crippen molar-refractivity contribution in [3.8, 4) is 0 Å². The first-order chi connectivity index (χ1) is 11.4. The van der Waals surface area contributed by atoms with Crippen LogP contribution < -0.4 is 15.4 Å². The van der Waals surface area contributed by atoms with E-state index < -0.39 is 6.68 Å². The number of H-pyrrole nitrogens is 1. The molecule has 1 atom stereocenters. The zero-order chi connectivity index (χ0) is 18.1. The number of nitrogens with one attached hydrogen (secondary N) is 1. The molecule has 0 radical (unpaired) electrons. The maximum Gasteiger partial charge on any atom is 0.379 e. The number of morpholine rings is 1. The molecule has 0 spiro atoms. The first kappa shape index (κ1) is 20.3. The fourth-order valence-corrected chi connectivity index (χ4v) is 2.68. The fourth-order valence-electron chi connectivity index (χ4n) is 2.68. The van der Waals surface area contributed by atoms with Gasteiger partial charge in [0.1, 0.15) is 5.82 Å². The summed E-state index contributed by atoms with van der Waals surface area (Å²) >= 11 is 0. The SMILES string of the molecule is CCCN(CC)c1cc(N2CCOCC2C)cc(=O)[nH]1.FC(F)F. The lowest BCUT2D eigenvalue weighted by Gasteiger charge is -2.35. The van der Waals surface area contributed by atoms with Crippen LogP contribution in [0.25, 0.3) is 0 Å². The van der Waals surface area contributed by atoms with Crippen molar-refractivity contribution in [2.24, 2.45) is 0 Å². The van der Waals surface area contributed by atoms with Crippen LogP contribution in [0.15, 0.2) is 16.9 Å². The van der Waals surface area contributed by atoms with Gasteiger partial charge in [-0.15, -0.1) is 0 Å². The summed E-state index contributed by atoms with van der Waals surface area (Å²) in [6, 6.07) is 4.08. The molecule has 5 nitrogen and oxygen atoms in total. The number of halogens is 3. The summed E-state index contributed by atoms with van der Waals surface area (Å²) < 4.78 is 34.5. The second-order valence-corrected chi connectivity index (χ2v) is 5.53. The predicted molar refractivity (Wildman–Crippen MR) is 90.0 cm³/mol. The van der Waals surface area contributed by atoms with Crippen LogP contribution in [0.4, 0.5) is 24.7 Å². The van der Waals surface area contributed by atoms with E-state index in [1.54, 1.807) is 6.07 Å². The van der Waals surface area contributed by atoms with Crippen LogP contribution in [0.1, 0.15) is 27.2 Å². The average molecular weight is 349 g/mol. The zero-order valence-corrected chi connectivity index (χ0v) is 14.4. The molecule has 2 heterocycles. The highest BCUT2D eigenvalue weighted by Gasteiger charge is 2.20. The molecule has 2 rings (SSSR count). The van der Waals surface area contributed by atoms with Crippen molar-refractivity contribution in [2.75, 3.05) is 42.6 Å². The molecule has 138 valence electrons. The van der Waals surface area contributed by atoms with E-state index in [1.165, 1.54) is 0 Å². The third-order valence-electron chi connectivity index (χ3n) is 3.73. The molecule has 24 heavy (non-hydrogen) atoms. The average Bonchev–Trinajstić information content (AvgIpc) is 2.52. The Hall–Kier alpha value is -1.70. The Morgan fingerprint density at radius 1 is 1.38 bits per heavy atom. The normalized spacial score (nSPS) is 17.5. The van der Waals surface area contributed by atoms with Gasteiger partial charge in [0.25, 0.3) is 5.56 Å². The van der Waals surface area contributed by atoms with Crippen LogP contribution in [-0.4, -0.2) is 50.6 Å². The molecule has 0 amide bonds. The fraction of sp³-hybridized carbons (Fsp3) is 0.688. The van der Waals surface area contributed by atoms with Crippen molar-refractivity contribution in [3.63, 3.8) is 0 Å². The summed E-state index contributed by atoms with van der Waals surface area (Å²) in [5, 5.41) is 0. The maximum absolute atomic E-state index is 11.9. The lowest BCUT2D eigenvalue weighted by atomic mass is 10.2. The number of aromatic amines is 1. The van der Waals surface area contributed by atoms with Gasteiger partial charge >= 0.3 is 6.68 Å². The Bertz CT molecular complexity index is 537. The first-order valence-electron chi connectivity index (χ1n) is 8.14. The van der Waals surface area contributed by atoms with E-state index in [0.29, 0.717) is 12.6 Å². The Balaban J connectivity index is 0.000000648. The van der Waals surface area contributed by atoms with Gasteiger partial charge in [0.2, 0.25) is 0 Å². The quantitative estimate of drug-likeness (QED) is 0.888. The highest BCUT2D eigenvalue weighted by atomic mass is 19.4. The number of nitrogens with zero attached hydrogens (tertiary/aromatic N) is 2. The standard InChI is InChI=1S/C15H25N3O2.CHF3/c1-4-6-17(5-2)14-9-13(10-15(19)16-14)18-7-8-20-11-12(18)3;2-1(3)4/h9-10,12H,4-8,11H2,1-3H3,(H,16,19);1H. The summed E-state index contributed by atoms with van der Waals surface area (Å²) in [6.07, 6.45) is 1.06. The molecule has 8 heteroatoms. The number of anilines is 2. The second kappa shape index (κ2) is 10.2. The van der Waals surface area contributed by atoms with Gasteiger partial charge in [-0.05, 0) is 20.3 Å². The topological polar surface area (TPSA) is 48.6 Å². The van der Waals surface area contributed by atoms with E-state index >= 15 is 0 Å². The maximum atomic E-state index is 11.9. The molecule has 1 fully saturated rings. The summed E-state index contributed by atoms with van der Waals surface area (Å²) in [7, 11) is 0. The minimum absolute atomic E-state index is 0.0363. The third kappa shape index (κ3) is 6.43. The first-order valence-corrected chi connectivity index (χ1v) is 8.14. The monoisotopic (exact) mass is 349 g/mol. The molecule has 1 aromatic rings. The Morgan fingerprint density at radius 3 is 2.58 bits per heavy atom. The zero-order valence-electron chi connectivity index (χ0n) is 14.4. The second-order valence-electron chi connectivity index (χ2n) is 5.53. The van der Waals surface area contributed by atoms with Crippen LogP contribution in [-0.2, 0) is 4.74 Å².